The average Bonchev–Trinajstić information content (AvgIpc) is 2.04. The summed E-state index contributed by atoms with van der Waals surface area (Å²) in [6, 6.07) is 0. The first-order valence-electron chi connectivity index (χ1n) is 5.32. The summed E-state index contributed by atoms with van der Waals surface area (Å²) in [5.74, 6) is 0.0910. The van der Waals surface area contributed by atoms with Crippen molar-refractivity contribution in [2.24, 2.45) is 5.92 Å². The van der Waals surface area contributed by atoms with Crippen molar-refractivity contribution >= 4 is 23.3 Å². The molecule has 0 saturated heterocycles. The van der Waals surface area contributed by atoms with E-state index in [0.717, 1.165) is 25.7 Å². The third-order valence-corrected chi connectivity index (χ3v) is 2.08. The fourth-order valence-corrected chi connectivity index (χ4v) is 1.27. The van der Waals surface area contributed by atoms with Gasteiger partial charge in [0.05, 0.1) is 12.0 Å². The molecule has 84 valence electrons. The second-order valence-corrected chi connectivity index (χ2v) is 3.73. The molecule has 0 aliphatic heterocycles. The second kappa shape index (κ2) is 9.55. The Morgan fingerprint density at radius 1 is 1.29 bits per heavy atom. The van der Waals surface area contributed by atoms with Gasteiger partial charge in [-0.05, 0) is 26.7 Å². The van der Waals surface area contributed by atoms with E-state index in [9.17, 15) is 4.79 Å². The van der Waals surface area contributed by atoms with Crippen LogP contribution in [0, 0.1) is 5.92 Å². The van der Waals surface area contributed by atoms with Crippen molar-refractivity contribution in [3.05, 3.63) is 0 Å². The van der Waals surface area contributed by atoms with Crippen LogP contribution < -0.4 is 0 Å². The van der Waals surface area contributed by atoms with Gasteiger partial charge in [0.2, 0.25) is 0 Å². The Morgan fingerprint density at radius 2 is 1.86 bits per heavy atom. The molecule has 0 bridgehead atoms. The molecule has 0 aliphatic carbocycles. The number of hydrogen-bond acceptors (Lipinski definition) is 2. The first-order valence-corrected chi connectivity index (χ1v) is 5.32. The highest BCUT2D eigenvalue weighted by atomic mass is 27.0. The van der Waals surface area contributed by atoms with Crippen molar-refractivity contribution in [1.29, 1.82) is 0 Å². The van der Waals surface area contributed by atoms with E-state index in [2.05, 4.69) is 6.92 Å². The van der Waals surface area contributed by atoms with E-state index >= 15 is 0 Å². The van der Waals surface area contributed by atoms with E-state index in [1.54, 1.807) is 0 Å². The van der Waals surface area contributed by atoms with E-state index in [1.165, 1.54) is 0 Å². The van der Waals surface area contributed by atoms with Gasteiger partial charge in [-0.15, -0.1) is 0 Å². The molecule has 0 heterocycles. The zero-order valence-corrected chi connectivity index (χ0v) is 9.30. The molecule has 2 nitrogen and oxygen atoms in total. The Hall–Kier alpha value is 0.00247. The van der Waals surface area contributed by atoms with Crippen LogP contribution in [0.15, 0.2) is 0 Å². The summed E-state index contributed by atoms with van der Waals surface area (Å²) in [5, 5.41) is 0. The molecule has 1 atom stereocenters. The smallest absolute Gasteiger partial charge is 0.309 e. The summed E-state index contributed by atoms with van der Waals surface area (Å²) in [4.78, 5) is 11.5. The highest BCUT2D eigenvalue weighted by molar-refractivity contribution is 5.75. The Balaban J connectivity index is 0. The number of esters is 1. The van der Waals surface area contributed by atoms with Crippen LogP contribution >= 0.6 is 0 Å². The molecule has 3 heteroatoms. The maximum absolute atomic E-state index is 11.5. The predicted octanol–water partition coefficient (Wildman–Crippen LogP) is 1.97. The Kier molecular flexibility index (Phi) is 11.2. The van der Waals surface area contributed by atoms with Gasteiger partial charge < -0.3 is 4.74 Å². The van der Waals surface area contributed by atoms with Crippen LogP contribution in [-0.4, -0.2) is 29.4 Å². The molecular weight excluding hydrogens is 191 g/mol. The summed E-state index contributed by atoms with van der Waals surface area (Å²) in [6.45, 7) is 7.97. The van der Waals surface area contributed by atoms with Crippen LogP contribution in [0.25, 0.3) is 0 Å². The minimum absolute atomic E-state index is 0. The van der Waals surface area contributed by atoms with Crippen LogP contribution in [0.1, 0.15) is 53.4 Å². The van der Waals surface area contributed by atoms with Crippen molar-refractivity contribution in [3.63, 3.8) is 0 Å². The van der Waals surface area contributed by atoms with Gasteiger partial charge in [-0.3, -0.25) is 4.79 Å². The van der Waals surface area contributed by atoms with Crippen molar-refractivity contribution in [1.82, 2.24) is 0 Å². The third-order valence-electron chi connectivity index (χ3n) is 2.08. The van der Waals surface area contributed by atoms with E-state index < -0.39 is 0 Å². The second-order valence-electron chi connectivity index (χ2n) is 3.73. The molecule has 1 unspecified atom stereocenters. The number of carbonyl (C=O) groups is 1. The molecule has 0 aromatic heterocycles. The van der Waals surface area contributed by atoms with Gasteiger partial charge in [-0.1, -0.05) is 26.7 Å². The molecule has 0 aliphatic rings. The van der Waals surface area contributed by atoms with Crippen LogP contribution in [0.2, 0.25) is 0 Å². The highest BCUT2D eigenvalue weighted by Gasteiger charge is 2.17. The number of rotatable bonds is 6. The first-order chi connectivity index (χ1) is 6.11. The third kappa shape index (κ3) is 7.41. The Bertz CT molecular complexity index is 146. The predicted molar refractivity (Wildman–Crippen MR) is 64.5 cm³/mol. The zero-order valence-electron chi connectivity index (χ0n) is 9.30. The molecule has 0 N–H and O–H groups in total. The van der Waals surface area contributed by atoms with E-state index in [-0.39, 0.29) is 35.4 Å². The lowest BCUT2D eigenvalue weighted by Crippen LogP contribution is -2.20. The SMILES string of the molecule is CCCCC(CC)C(=O)OC(C)C.[AlH3]. The van der Waals surface area contributed by atoms with Gasteiger partial charge in [0.15, 0.2) is 17.4 Å². The topological polar surface area (TPSA) is 26.3 Å². The lowest BCUT2D eigenvalue weighted by molar-refractivity contribution is -0.152. The molecule has 0 amide bonds. The van der Waals surface area contributed by atoms with Gasteiger partial charge in [-0.2, -0.15) is 0 Å². The molecule has 14 heavy (non-hydrogen) atoms. The molecule has 0 saturated carbocycles. The summed E-state index contributed by atoms with van der Waals surface area (Å²) >= 11 is 0. The molecule has 0 rings (SSSR count). The summed E-state index contributed by atoms with van der Waals surface area (Å²) in [5.41, 5.74) is 0. The standard InChI is InChI=1S/C11H22O2.Al.3H/c1-5-7-8-10(6-2)11(12)13-9(3)4;;;;/h9-10H,5-8H2,1-4H3;;;;. The van der Waals surface area contributed by atoms with Crippen molar-refractivity contribution in [2.45, 2.75) is 59.5 Å². The lowest BCUT2D eigenvalue weighted by Gasteiger charge is -2.15. The number of hydrogen-bond donors (Lipinski definition) is 0. The number of unbranched alkanes of at least 4 members (excludes halogenated alkanes) is 1. The largest absolute Gasteiger partial charge is 0.463 e. The molecule has 0 fully saturated rings. The van der Waals surface area contributed by atoms with Gasteiger partial charge in [-0.25, -0.2) is 0 Å². The molecular formula is C11H25AlO2. The van der Waals surface area contributed by atoms with Crippen LogP contribution in [0.5, 0.6) is 0 Å². The molecule has 0 spiro atoms. The average molecular weight is 216 g/mol. The fraction of sp³-hybridized carbons (Fsp3) is 0.909. The number of ether oxygens (including phenoxy) is 1. The minimum Gasteiger partial charge on any atom is -0.463 e. The minimum atomic E-state index is -0.0223. The fourth-order valence-electron chi connectivity index (χ4n) is 1.27. The van der Waals surface area contributed by atoms with Gasteiger partial charge in [0.1, 0.15) is 0 Å². The first kappa shape index (κ1) is 16.4. The van der Waals surface area contributed by atoms with E-state index in [1.807, 2.05) is 20.8 Å². The quantitative estimate of drug-likeness (QED) is 0.501. The lowest BCUT2D eigenvalue weighted by atomic mass is 10.00. The van der Waals surface area contributed by atoms with E-state index in [4.69, 9.17) is 4.74 Å². The van der Waals surface area contributed by atoms with Crippen molar-refractivity contribution in [3.8, 4) is 0 Å². The summed E-state index contributed by atoms with van der Waals surface area (Å²) < 4.78 is 5.16. The molecule has 0 aromatic carbocycles. The molecule has 0 aromatic rings. The van der Waals surface area contributed by atoms with Crippen LogP contribution in [0.4, 0.5) is 0 Å². The van der Waals surface area contributed by atoms with Gasteiger partial charge in [0.25, 0.3) is 0 Å². The zero-order chi connectivity index (χ0) is 10.3. The van der Waals surface area contributed by atoms with Gasteiger partial charge in [0, 0.05) is 0 Å². The van der Waals surface area contributed by atoms with E-state index in [0.29, 0.717) is 0 Å². The normalized spacial score (nSPS) is 12.1. The monoisotopic (exact) mass is 216 g/mol. The summed E-state index contributed by atoms with van der Waals surface area (Å²) in [7, 11) is 0. The maximum atomic E-state index is 11.5. The Labute approximate surface area is 98.5 Å². The van der Waals surface area contributed by atoms with Gasteiger partial charge >= 0.3 is 5.97 Å². The Morgan fingerprint density at radius 3 is 2.21 bits per heavy atom. The summed E-state index contributed by atoms with van der Waals surface area (Å²) in [6.07, 6.45) is 4.14. The van der Waals surface area contributed by atoms with Crippen molar-refractivity contribution in [2.75, 3.05) is 0 Å². The van der Waals surface area contributed by atoms with Crippen LogP contribution in [-0.2, 0) is 9.53 Å². The highest BCUT2D eigenvalue weighted by Crippen LogP contribution is 2.14. The van der Waals surface area contributed by atoms with Crippen LogP contribution in [0.3, 0.4) is 0 Å². The number of carbonyl (C=O) groups excluding carboxylic acids is 1. The van der Waals surface area contributed by atoms with Crippen molar-refractivity contribution < 1.29 is 9.53 Å². The maximum Gasteiger partial charge on any atom is 0.309 e. The molecule has 0 radical (unpaired) electrons.